The van der Waals surface area contributed by atoms with Gasteiger partial charge in [0.1, 0.15) is 0 Å². The van der Waals surface area contributed by atoms with E-state index < -0.39 is 0 Å². The third-order valence-corrected chi connectivity index (χ3v) is 3.14. The molecular formula is C12H24N2O2. The zero-order valence-corrected chi connectivity index (χ0v) is 10.9. The Morgan fingerprint density at radius 1 is 1.56 bits per heavy atom. The van der Waals surface area contributed by atoms with Crippen LogP contribution in [0.25, 0.3) is 0 Å². The molecule has 0 bridgehead atoms. The summed E-state index contributed by atoms with van der Waals surface area (Å²) in [6, 6.07) is 0.401. The fourth-order valence-electron chi connectivity index (χ4n) is 1.95. The van der Waals surface area contributed by atoms with Gasteiger partial charge in [-0.05, 0) is 33.6 Å². The summed E-state index contributed by atoms with van der Waals surface area (Å²) >= 11 is 0. The fraction of sp³-hybridized carbons (Fsp3) is 0.917. The number of amides is 1. The third-order valence-electron chi connectivity index (χ3n) is 3.14. The SMILES string of the molecule is CCN(C)C(=O)CNC1CCOC(C)(C)C1. The van der Waals surface area contributed by atoms with Gasteiger partial charge in [0, 0.05) is 26.2 Å². The summed E-state index contributed by atoms with van der Waals surface area (Å²) in [5.74, 6) is 0.159. The Kier molecular flexibility index (Phi) is 4.74. The molecule has 1 fully saturated rings. The number of likely N-dealkylation sites (N-methyl/N-ethyl adjacent to an activating group) is 1. The Balaban J connectivity index is 2.30. The molecule has 0 aromatic carbocycles. The monoisotopic (exact) mass is 228 g/mol. The van der Waals surface area contributed by atoms with E-state index in [4.69, 9.17) is 4.74 Å². The van der Waals surface area contributed by atoms with E-state index in [0.717, 1.165) is 26.0 Å². The smallest absolute Gasteiger partial charge is 0.236 e. The van der Waals surface area contributed by atoms with Crippen molar-refractivity contribution >= 4 is 5.91 Å². The lowest BCUT2D eigenvalue weighted by atomic mass is 9.94. The molecule has 1 saturated heterocycles. The van der Waals surface area contributed by atoms with E-state index in [1.54, 1.807) is 4.90 Å². The number of nitrogens with one attached hydrogen (secondary N) is 1. The Labute approximate surface area is 98.3 Å². The first-order valence-electron chi connectivity index (χ1n) is 6.06. The van der Waals surface area contributed by atoms with Crippen LogP contribution in [0.2, 0.25) is 0 Å². The van der Waals surface area contributed by atoms with Gasteiger partial charge in [-0.15, -0.1) is 0 Å². The molecular weight excluding hydrogens is 204 g/mol. The Hall–Kier alpha value is -0.610. The zero-order valence-electron chi connectivity index (χ0n) is 10.9. The van der Waals surface area contributed by atoms with Crippen molar-refractivity contribution in [3.63, 3.8) is 0 Å². The number of nitrogens with zero attached hydrogens (tertiary/aromatic N) is 1. The highest BCUT2D eigenvalue weighted by molar-refractivity contribution is 5.77. The van der Waals surface area contributed by atoms with Crippen LogP contribution in [0.5, 0.6) is 0 Å². The van der Waals surface area contributed by atoms with Crippen LogP contribution < -0.4 is 5.32 Å². The number of hydrogen-bond donors (Lipinski definition) is 1. The number of hydrogen-bond acceptors (Lipinski definition) is 3. The first-order chi connectivity index (χ1) is 7.44. The van der Waals surface area contributed by atoms with Crippen LogP contribution in [0.4, 0.5) is 0 Å². The molecule has 0 saturated carbocycles. The van der Waals surface area contributed by atoms with Crippen LogP contribution >= 0.6 is 0 Å². The molecule has 1 unspecified atom stereocenters. The molecule has 1 aliphatic heterocycles. The van der Waals surface area contributed by atoms with Crippen LogP contribution in [0, 0.1) is 0 Å². The molecule has 0 radical (unpaired) electrons. The second kappa shape index (κ2) is 5.64. The lowest BCUT2D eigenvalue weighted by molar-refractivity contribution is -0.129. The largest absolute Gasteiger partial charge is 0.375 e. The van der Waals surface area contributed by atoms with Crippen LogP contribution in [-0.2, 0) is 9.53 Å². The average Bonchev–Trinajstić information content (AvgIpc) is 2.23. The number of carbonyl (C=O) groups is 1. The van der Waals surface area contributed by atoms with Gasteiger partial charge in [0.15, 0.2) is 0 Å². The second-order valence-electron chi connectivity index (χ2n) is 5.09. The van der Waals surface area contributed by atoms with E-state index in [0.29, 0.717) is 12.6 Å². The molecule has 1 heterocycles. The highest BCUT2D eigenvalue weighted by Crippen LogP contribution is 2.23. The molecule has 16 heavy (non-hydrogen) atoms. The third kappa shape index (κ3) is 4.10. The molecule has 0 aliphatic carbocycles. The molecule has 4 nitrogen and oxygen atoms in total. The lowest BCUT2D eigenvalue weighted by Crippen LogP contribution is -2.46. The Morgan fingerprint density at radius 3 is 2.81 bits per heavy atom. The quantitative estimate of drug-likeness (QED) is 0.781. The summed E-state index contributed by atoms with van der Waals surface area (Å²) in [5, 5.41) is 3.32. The van der Waals surface area contributed by atoms with E-state index in [1.165, 1.54) is 0 Å². The summed E-state index contributed by atoms with van der Waals surface area (Å²) < 4.78 is 5.64. The van der Waals surface area contributed by atoms with E-state index in [2.05, 4.69) is 19.2 Å². The van der Waals surface area contributed by atoms with Gasteiger partial charge in [0.05, 0.1) is 12.1 Å². The first kappa shape index (κ1) is 13.5. The summed E-state index contributed by atoms with van der Waals surface area (Å²) in [4.78, 5) is 13.3. The van der Waals surface area contributed by atoms with Gasteiger partial charge in [0.2, 0.25) is 5.91 Å². The fourth-order valence-corrected chi connectivity index (χ4v) is 1.95. The molecule has 94 valence electrons. The standard InChI is InChI=1S/C12H24N2O2/c1-5-14(4)11(15)9-13-10-6-7-16-12(2,3)8-10/h10,13H,5-9H2,1-4H3. The van der Waals surface area contributed by atoms with Crippen molar-refractivity contribution in [2.75, 3.05) is 26.7 Å². The molecule has 0 aromatic heterocycles. The Bertz CT molecular complexity index is 241. The number of ether oxygens (including phenoxy) is 1. The van der Waals surface area contributed by atoms with Crippen molar-refractivity contribution in [3.8, 4) is 0 Å². The van der Waals surface area contributed by atoms with Gasteiger partial charge in [-0.25, -0.2) is 0 Å². The van der Waals surface area contributed by atoms with Crippen molar-refractivity contribution in [3.05, 3.63) is 0 Å². The van der Waals surface area contributed by atoms with Gasteiger partial charge in [0.25, 0.3) is 0 Å². The molecule has 1 N–H and O–H groups in total. The van der Waals surface area contributed by atoms with Crippen molar-refractivity contribution in [2.24, 2.45) is 0 Å². The maximum absolute atomic E-state index is 11.6. The predicted molar refractivity (Wildman–Crippen MR) is 64.4 cm³/mol. The molecule has 1 aliphatic rings. The van der Waals surface area contributed by atoms with Crippen molar-refractivity contribution < 1.29 is 9.53 Å². The molecule has 1 atom stereocenters. The maximum Gasteiger partial charge on any atom is 0.236 e. The van der Waals surface area contributed by atoms with Gasteiger partial charge in [-0.2, -0.15) is 0 Å². The normalized spacial score (nSPS) is 24.1. The summed E-state index contributed by atoms with van der Waals surface area (Å²) in [5.41, 5.74) is -0.0599. The lowest BCUT2D eigenvalue weighted by Gasteiger charge is -2.36. The maximum atomic E-state index is 11.6. The minimum atomic E-state index is -0.0599. The van der Waals surface area contributed by atoms with Crippen LogP contribution in [-0.4, -0.2) is 49.2 Å². The second-order valence-corrected chi connectivity index (χ2v) is 5.09. The molecule has 1 rings (SSSR count). The zero-order chi connectivity index (χ0) is 12.2. The molecule has 1 amide bonds. The van der Waals surface area contributed by atoms with Crippen molar-refractivity contribution in [2.45, 2.75) is 45.3 Å². The Morgan fingerprint density at radius 2 is 2.25 bits per heavy atom. The van der Waals surface area contributed by atoms with Crippen molar-refractivity contribution in [1.29, 1.82) is 0 Å². The summed E-state index contributed by atoms with van der Waals surface area (Å²) in [6.45, 7) is 8.16. The summed E-state index contributed by atoms with van der Waals surface area (Å²) in [7, 11) is 1.83. The van der Waals surface area contributed by atoms with Crippen LogP contribution in [0.15, 0.2) is 0 Å². The highest BCUT2D eigenvalue weighted by atomic mass is 16.5. The molecule has 4 heteroatoms. The highest BCUT2D eigenvalue weighted by Gasteiger charge is 2.28. The molecule has 0 spiro atoms. The minimum absolute atomic E-state index is 0.0599. The van der Waals surface area contributed by atoms with E-state index in [1.807, 2.05) is 14.0 Å². The van der Waals surface area contributed by atoms with Gasteiger partial charge >= 0.3 is 0 Å². The predicted octanol–water partition coefficient (Wildman–Crippen LogP) is 1.01. The van der Waals surface area contributed by atoms with Crippen LogP contribution in [0.1, 0.15) is 33.6 Å². The molecule has 0 aromatic rings. The van der Waals surface area contributed by atoms with Crippen LogP contribution in [0.3, 0.4) is 0 Å². The first-order valence-corrected chi connectivity index (χ1v) is 6.06. The van der Waals surface area contributed by atoms with Gasteiger partial charge < -0.3 is 15.0 Å². The summed E-state index contributed by atoms with van der Waals surface area (Å²) in [6.07, 6.45) is 1.96. The number of rotatable bonds is 4. The van der Waals surface area contributed by atoms with Gasteiger partial charge in [-0.3, -0.25) is 4.79 Å². The van der Waals surface area contributed by atoms with Gasteiger partial charge in [-0.1, -0.05) is 0 Å². The van der Waals surface area contributed by atoms with Crippen molar-refractivity contribution in [1.82, 2.24) is 10.2 Å². The number of carbonyl (C=O) groups excluding carboxylic acids is 1. The van der Waals surface area contributed by atoms with E-state index in [-0.39, 0.29) is 11.5 Å². The minimum Gasteiger partial charge on any atom is -0.375 e. The topological polar surface area (TPSA) is 41.6 Å². The van der Waals surface area contributed by atoms with E-state index in [9.17, 15) is 4.79 Å². The average molecular weight is 228 g/mol. The van der Waals surface area contributed by atoms with E-state index >= 15 is 0 Å².